The summed E-state index contributed by atoms with van der Waals surface area (Å²) in [6, 6.07) is 0. The molecule has 0 saturated carbocycles. The van der Waals surface area contributed by atoms with Crippen LogP contribution in [0.4, 0.5) is 0 Å². The molecule has 14 heavy (non-hydrogen) atoms. The zero-order valence-electron chi connectivity index (χ0n) is 9.46. The van der Waals surface area contributed by atoms with Crippen LogP contribution in [0.25, 0.3) is 0 Å². The van der Waals surface area contributed by atoms with E-state index in [1.807, 2.05) is 11.8 Å². The Hall–Kier alpha value is 0.170. The summed E-state index contributed by atoms with van der Waals surface area (Å²) < 4.78 is 0.193. The zero-order chi connectivity index (χ0) is 11.2. The minimum absolute atomic E-state index is 0.0219. The molecule has 0 bridgehead atoms. The van der Waals surface area contributed by atoms with E-state index >= 15 is 0 Å². The largest absolute Gasteiger partial charge is 0.354 e. The maximum atomic E-state index is 11.3. The van der Waals surface area contributed by atoms with Crippen molar-refractivity contribution in [2.75, 3.05) is 12.8 Å². The standard InChI is InChI=1S/C10H21NOS2/c1-5-10(6-2,14-4)7-11-9(12)8(3)13/h8,13H,5-7H2,1-4H3,(H,11,12). The number of thiol groups is 1. The lowest BCUT2D eigenvalue weighted by atomic mass is 10.0. The second kappa shape index (κ2) is 6.62. The van der Waals surface area contributed by atoms with Gasteiger partial charge in [-0.25, -0.2) is 0 Å². The van der Waals surface area contributed by atoms with Crippen LogP contribution >= 0.6 is 24.4 Å². The third-order valence-corrected chi connectivity index (χ3v) is 4.51. The van der Waals surface area contributed by atoms with Crippen molar-refractivity contribution in [2.45, 2.75) is 43.6 Å². The Kier molecular flexibility index (Phi) is 6.70. The molecule has 1 amide bonds. The zero-order valence-corrected chi connectivity index (χ0v) is 11.2. The van der Waals surface area contributed by atoms with Crippen molar-refractivity contribution in [3.8, 4) is 0 Å². The molecule has 2 nitrogen and oxygen atoms in total. The number of rotatable bonds is 6. The van der Waals surface area contributed by atoms with Gasteiger partial charge in [-0.2, -0.15) is 24.4 Å². The fourth-order valence-electron chi connectivity index (χ4n) is 1.26. The highest BCUT2D eigenvalue weighted by Gasteiger charge is 2.25. The SMILES string of the molecule is CCC(CC)(CNC(=O)C(C)S)SC. The first-order valence-corrected chi connectivity index (χ1v) is 6.76. The van der Waals surface area contributed by atoms with Crippen LogP contribution in [0.15, 0.2) is 0 Å². The molecule has 0 spiro atoms. The first kappa shape index (κ1) is 14.2. The lowest BCUT2D eigenvalue weighted by molar-refractivity contribution is -0.120. The first-order valence-electron chi connectivity index (χ1n) is 5.02. The molecule has 1 N–H and O–H groups in total. The van der Waals surface area contributed by atoms with Gasteiger partial charge in [-0.15, -0.1) is 0 Å². The van der Waals surface area contributed by atoms with E-state index < -0.39 is 0 Å². The molecule has 0 aromatic rings. The van der Waals surface area contributed by atoms with Gasteiger partial charge in [-0.05, 0) is 26.0 Å². The smallest absolute Gasteiger partial charge is 0.232 e. The van der Waals surface area contributed by atoms with E-state index in [9.17, 15) is 4.79 Å². The molecule has 0 radical (unpaired) electrons. The number of hydrogen-bond donors (Lipinski definition) is 2. The lowest BCUT2D eigenvalue weighted by Crippen LogP contribution is -2.41. The van der Waals surface area contributed by atoms with Crippen molar-refractivity contribution in [1.82, 2.24) is 5.32 Å². The van der Waals surface area contributed by atoms with Crippen molar-refractivity contribution >= 4 is 30.3 Å². The normalized spacial score (nSPS) is 13.8. The van der Waals surface area contributed by atoms with Crippen LogP contribution in [0.5, 0.6) is 0 Å². The topological polar surface area (TPSA) is 29.1 Å². The Morgan fingerprint density at radius 2 is 2.00 bits per heavy atom. The molecule has 0 aromatic carbocycles. The van der Waals surface area contributed by atoms with Crippen molar-refractivity contribution in [1.29, 1.82) is 0 Å². The molecule has 0 aliphatic carbocycles. The van der Waals surface area contributed by atoms with Gasteiger partial charge in [0.05, 0.1) is 5.25 Å². The quantitative estimate of drug-likeness (QED) is 0.692. The van der Waals surface area contributed by atoms with E-state index in [0.29, 0.717) is 0 Å². The molecular weight excluding hydrogens is 214 g/mol. The Bertz CT molecular complexity index is 171. The highest BCUT2D eigenvalue weighted by atomic mass is 32.2. The Balaban J connectivity index is 4.12. The van der Waals surface area contributed by atoms with Gasteiger partial charge in [0, 0.05) is 11.3 Å². The summed E-state index contributed by atoms with van der Waals surface area (Å²) in [5.74, 6) is 0.0219. The van der Waals surface area contributed by atoms with Gasteiger partial charge in [0.25, 0.3) is 0 Å². The molecule has 4 heteroatoms. The molecule has 0 aliphatic heterocycles. The third kappa shape index (κ3) is 4.13. The van der Waals surface area contributed by atoms with Gasteiger partial charge in [0.2, 0.25) is 5.91 Å². The lowest BCUT2D eigenvalue weighted by Gasteiger charge is -2.30. The second-order valence-corrected chi connectivity index (χ2v) is 5.54. The minimum atomic E-state index is -0.219. The Morgan fingerprint density at radius 3 is 2.29 bits per heavy atom. The van der Waals surface area contributed by atoms with Crippen molar-refractivity contribution in [2.24, 2.45) is 0 Å². The van der Waals surface area contributed by atoms with Crippen LogP contribution in [0.1, 0.15) is 33.6 Å². The van der Waals surface area contributed by atoms with E-state index in [2.05, 4.69) is 38.0 Å². The van der Waals surface area contributed by atoms with Gasteiger partial charge < -0.3 is 5.32 Å². The average Bonchev–Trinajstić information content (AvgIpc) is 2.20. The summed E-state index contributed by atoms with van der Waals surface area (Å²) in [7, 11) is 0. The molecule has 1 atom stereocenters. The molecule has 84 valence electrons. The number of nitrogens with one attached hydrogen (secondary N) is 1. The number of thioether (sulfide) groups is 1. The monoisotopic (exact) mass is 235 g/mol. The van der Waals surface area contributed by atoms with E-state index in [0.717, 1.165) is 19.4 Å². The van der Waals surface area contributed by atoms with Crippen LogP contribution in [-0.2, 0) is 4.79 Å². The molecular formula is C10H21NOS2. The third-order valence-electron chi connectivity index (χ3n) is 2.69. The van der Waals surface area contributed by atoms with Crippen LogP contribution in [-0.4, -0.2) is 28.7 Å². The molecule has 1 unspecified atom stereocenters. The molecule has 0 saturated heterocycles. The molecule has 0 aromatic heterocycles. The maximum Gasteiger partial charge on any atom is 0.232 e. The predicted molar refractivity (Wildman–Crippen MR) is 68.3 cm³/mol. The highest BCUT2D eigenvalue weighted by Crippen LogP contribution is 2.29. The highest BCUT2D eigenvalue weighted by molar-refractivity contribution is 8.00. The van der Waals surface area contributed by atoms with Crippen molar-refractivity contribution in [3.05, 3.63) is 0 Å². The summed E-state index contributed by atoms with van der Waals surface area (Å²) in [6.07, 6.45) is 4.25. The van der Waals surface area contributed by atoms with E-state index in [1.54, 1.807) is 6.92 Å². The number of amides is 1. The van der Waals surface area contributed by atoms with Crippen LogP contribution in [0.3, 0.4) is 0 Å². The van der Waals surface area contributed by atoms with Crippen LogP contribution in [0, 0.1) is 0 Å². The first-order chi connectivity index (χ1) is 6.51. The predicted octanol–water partition coefficient (Wildman–Crippen LogP) is 2.34. The van der Waals surface area contributed by atoms with Gasteiger partial charge in [0.15, 0.2) is 0 Å². The van der Waals surface area contributed by atoms with E-state index in [-0.39, 0.29) is 15.9 Å². The molecule has 0 aliphatic rings. The van der Waals surface area contributed by atoms with Crippen molar-refractivity contribution in [3.63, 3.8) is 0 Å². The summed E-state index contributed by atoms with van der Waals surface area (Å²) in [5.41, 5.74) is 0. The van der Waals surface area contributed by atoms with Gasteiger partial charge in [0.1, 0.15) is 0 Å². The maximum absolute atomic E-state index is 11.3. The Labute approximate surface area is 97.0 Å². The molecule has 0 heterocycles. The summed E-state index contributed by atoms with van der Waals surface area (Å²) in [6.45, 7) is 6.86. The Morgan fingerprint density at radius 1 is 1.50 bits per heavy atom. The number of carbonyl (C=O) groups is 1. The molecule has 0 rings (SSSR count). The summed E-state index contributed by atoms with van der Waals surface area (Å²) in [5, 5.41) is 2.72. The van der Waals surface area contributed by atoms with E-state index in [4.69, 9.17) is 0 Å². The van der Waals surface area contributed by atoms with Crippen molar-refractivity contribution < 1.29 is 4.79 Å². The molecule has 0 fully saturated rings. The second-order valence-electron chi connectivity index (χ2n) is 3.49. The van der Waals surface area contributed by atoms with Gasteiger partial charge in [-0.3, -0.25) is 4.79 Å². The van der Waals surface area contributed by atoms with E-state index in [1.165, 1.54) is 0 Å². The van der Waals surface area contributed by atoms with Gasteiger partial charge in [-0.1, -0.05) is 13.8 Å². The average molecular weight is 235 g/mol. The van der Waals surface area contributed by atoms with Gasteiger partial charge >= 0.3 is 0 Å². The van der Waals surface area contributed by atoms with Crippen LogP contribution < -0.4 is 5.32 Å². The fraction of sp³-hybridized carbons (Fsp3) is 0.900. The number of carbonyl (C=O) groups excluding carboxylic acids is 1. The fourth-order valence-corrected chi connectivity index (χ4v) is 2.14. The van der Waals surface area contributed by atoms with Crippen LogP contribution in [0.2, 0.25) is 0 Å². The minimum Gasteiger partial charge on any atom is -0.354 e. The number of hydrogen-bond acceptors (Lipinski definition) is 3. The summed E-state index contributed by atoms with van der Waals surface area (Å²) >= 11 is 5.92. The summed E-state index contributed by atoms with van der Waals surface area (Å²) in [4.78, 5) is 11.3.